The summed E-state index contributed by atoms with van der Waals surface area (Å²) in [5.41, 5.74) is 0. The van der Waals surface area contributed by atoms with Gasteiger partial charge in [-0.3, -0.25) is 4.79 Å². The molecule has 0 aromatic carbocycles. The molecule has 0 aliphatic rings. The van der Waals surface area contributed by atoms with E-state index in [2.05, 4.69) is 5.32 Å². The van der Waals surface area contributed by atoms with E-state index in [4.69, 9.17) is 0 Å². The monoisotopic (exact) mass is 254 g/mol. The highest BCUT2D eigenvalue weighted by Gasteiger charge is 2.35. The van der Waals surface area contributed by atoms with E-state index in [-0.39, 0.29) is 0 Å². The maximum absolute atomic E-state index is 12.3. The lowest BCUT2D eigenvalue weighted by Crippen LogP contribution is -2.47. The summed E-state index contributed by atoms with van der Waals surface area (Å²) in [5.74, 6) is -0.905. The van der Waals surface area contributed by atoms with Crippen molar-refractivity contribution >= 4 is 5.91 Å². The van der Waals surface area contributed by atoms with Crippen molar-refractivity contribution in [2.75, 3.05) is 19.6 Å². The van der Waals surface area contributed by atoms with Crippen LogP contribution in [-0.2, 0) is 4.79 Å². The van der Waals surface area contributed by atoms with Gasteiger partial charge in [0.2, 0.25) is 5.91 Å². The minimum absolute atomic E-state index is 0.399. The molecule has 17 heavy (non-hydrogen) atoms. The fourth-order valence-electron chi connectivity index (χ4n) is 1.44. The van der Waals surface area contributed by atoms with Gasteiger partial charge in [-0.2, -0.15) is 13.2 Å². The Morgan fingerprint density at radius 2 is 1.82 bits per heavy atom. The van der Waals surface area contributed by atoms with Crippen LogP contribution in [0.15, 0.2) is 0 Å². The average molecular weight is 254 g/mol. The molecule has 0 aromatic rings. The molecule has 0 radical (unpaired) electrons. The molecular formula is C11H21F3N2O. The Labute approximate surface area is 100 Å². The minimum Gasteiger partial charge on any atom is -0.331 e. The molecule has 0 rings (SSSR count). The van der Waals surface area contributed by atoms with Crippen molar-refractivity contribution in [2.45, 2.75) is 39.9 Å². The van der Waals surface area contributed by atoms with Crippen LogP contribution in [0.3, 0.4) is 0 Å². The van der Waals surface area contributed by atoms with E-state index < -0.39 is 30.6 Å². The van der Waals surface area contributed by atoms with E-state index >= 15 is 0 Å². The second-order valence-electron chi connectivity index (χ2n) is 4.38. The van der Waals surface area contributed by atoms with Gasteiger partial charge >= 0.3 is 6.18 Å². The van der Waals surface area contributed by atoms with Crippen molar-refractivity contribution < 1.29 is 18.0 Å². The van der Waals surface area contributed by atoms with Gasteiger partial charge in [-0.1, -0.05) is 13.8 Å². The number of nitrogens with one attached hydrogen (secondary N) is 1. The second-order valence-corrected chi connectivity index (χ2v) is 4.38. The number of alkyl halides is 3. The number of carbonyl (C=O) groups is 1. The van der Waals surface area contributed by atoms with Gasteiger partial charge < -0.3 is 10.2 Å². The number of hydrogen-bond acceptors (Lipinski definition) is 2. The fraction of sp³-hybridized carbons (Fsp3) is 0.909. The van der Waals surface area contributed by atoms with Crippen LogP contribution in [0.5, 0.6) is 0 Å². The zero-order valence-electron chi connectivity index (χ0n) is 10.8. The van der Waals surface area contributed by atoms with Crippen molar-refractivity contribution in [1.29, 1.82) is 0 Å². The third-order valence-corrected chi connectivity index (χ3v) is 2.38. The third kappa shape index (κ3) is 6.51. The highest BCUT2D eigenvalue weighted by atomic mass is 19.4. The predicted molar refractivity (Wildman–Crippen MR) is 60.6 cm³/mol. The predicted octanol–water partition coefficient (Wildman–Crippen LogP) is 2.03. The van der Waals surface area contributed by atoms with E-state index in [0.717, 1.165) is 4.90 Å². The van der Waals surface area contributed by atoms with Gasteiger partial charge in [0.15, 0.2) is 0 Å². The highest BCUT2D eigenvalue weighted by molar-refractivity contribution is 5.79. The molecule has 0 heterocycles. The van der Waals surface area contributed by atoms with Crippen LogP contribution < -0.4 is 5.32 Å². The van der Waals surface area contributed by atoms with Gasteiger partial charge in [0, 0.05) is 18.5 Å². The molecule has 1 amide bonds. The molecule has 0 fully saturated rings. The first-order chi connectivity index (χ1) is 7.69. The molecule has 102 valence electrons. The average Bonchev–Trinajstić information content (AvgIpc) is 2.19. The quantitative estimate of drug-likeness (QED) is 0.786. The molecule has 1 N–H and O–H groups in total. The maximum Gasteiger partial charge on any atom is 0.406 e. The molecule has 1 atom stereocenters. The summed E-state index contributed by atoms with van der Waals surface area (Å²) in [5, 5.41) is 2.96. The van der Waals surface area contributed by atoms with Crippen molar-refractivity contribution in [2.24, 2.45) is 5.92 Å². The molecule has 0 saturated carbocycles. The number of amides is 1. The smallest absolute Gasteiger partial charge is 0.331 e. The zero-order chi connectivity index (χ0) is 13.6. The fourth-order valence-corrected chi connectivity index (χ4v) is 1.44. The van der Waals surface area contributed by atoms with Crippen molar-refractivity contribution in [3.8, 4) is 0 Å². The Kier molecular flexibility index (Phi) is 6.52. The topological polar surface area (TPSA) is 32.3 Å². The van der Waals surface area contributed by atoms with Crippen LogP contribution in [-0.4, -0.2) is 42.7 Å². The van der Waals surface area contributed by atoms with Crippen LogP contribution in [0.2, 0.25) is 0 Å². The van der Waals surface area contributed by atoms with Crippen LogP contribution in [0.1, 0.15) is 27.7 Å². The Morgan fingerprint density at radius 1 is 1.29 bits per heavy atom. The normalized spacial score (nSPS) is 13.9. The summed E-state index contributed by atoms with van der Waals surface area (Å²) in [4.78, 5) is 12.7. The van der Waals surface area contributed by atoms with Crippen molar-refractivity contribution in [3.63, 3.8) is 0 Å². The summed E-state index contributed by atoms with van der Waals surface area (Å²) in [6.45, 7) is 6.60. The lowest BCUT2D eigenvalue weighted by atomic mass is 10.1. The Morgan fingerprint density at radius 3 is 2.18 bits per heavy atom. The van der Waals surface area contributed by atoms with E-state index in [1.54, 1.807) is 20.8 Å². The van der Waals surface area contributed by atoms with Gasteiger partial charge in [-0.25, -0.2) is 0 Å². The molecular weight excluding hydrogens is 233 g/mol. The molecule has 0 aromatic heterocycles. The van der Waals surface area contributed by atoms with Crippen LogP contribution in [0.4, 0.5) is 13.2 Å². The van der Waals surface area contributed by atoms with E-state index in [0.29, 0.717) is 13.1 Å². The summed E-state index contributed by atoms with van der Waals surface area (Å²) in [7, 11) is 0. The molecule has 6 heteroatoms. The summed E-state index contributed by atoms with van der Waals surface area (Å²) in [6, 6.07) is -0.451. The van der Waals surface area contributed by atoms with Gasteiger partial charge in [0.05, 0.1) is 0 Å². The second kappa shape index (κ2) is 6.83. The number of hydrogen-bond donors (Lipinski definition) is 1. The summed E-state index contributed by atoms with van der Waals surface area (Å²) in [6.07, 6.45) is -4.35. The third-order valence-electron chi connectivity index (χ3n) is 2.38. The highest BCUT2D eigenvalue weighted by Crippen LogP contribution is 2.19. The van der Waals surface area contributed by atoms with Crippen LogP contribution >= 0.6 is 0 Å². The van der Waals surface area contributed by atoms with Crippen LogP contribution in [0, 0.1) is 5.92 Å². The van der Waals surface area contributed by atoms with Gasteiger partial charge in [-0.15, -0.1) is 0 Å². The van der Waals surface area contributed by atoms with E-state index in [1.165, 1.54) is 0 Å². The Hall–Kier alpha value is -0.780. The molecule has 0 aliphatic carbocycles. The summed E-state index contributed by atoms with van der Waals surface area (Å²) >= 11 is 0. The van der Waals surface area contributed by atoms with Gasteiger partial charge in [0.1, 0.15) is 6.54 Å². The van der Waals surface area contributed by atoms with Crippen molar-refractivity contribution in [1.82, 2.24) is 10.2 Å². The Balaban J connectivity index is 4.54. The first kappa shape index (κ1) is 16.2. The van der Waals surface area contributed by atoms with Gasteiger partial charge in [0.25, 0.3) is 0 Å². The first-order valence-corrected chi connectivity index (χ1v) is 5.77. The number of halogens is 3. The molecule has 3 nitrogen and oxygen atoms in total. The van der Waals surface area contributed by atoms with Crippen LogP contribution in [0.25, 0.3) is 0 Å². The largest absolute Gasteiger partial charge is 0.406 e. The number of nitrogens with zero attached hydrogens (tertiary/aromatic N) is 1. The zero-order valence-corrected chi connectivity index (χ0v) is 10.8. The van der Waals surface area contributed by atoms with Gasteiger partial charge in [-0.05, 0) is 20.4 Å². The van der Waals surface area contributed by atoms with E-state index in [9.17, 15) is 18.0 Å². The minimum atomic E-state index is -4.35. The first-order valence-electron chi connectivity index (χ1n) is 5.77. The Bertz CT molecular complexity index is 241. The molecule has 0 spiro atoms. The maximum atomic E-state index is 12.3. The lowest BCUT2D eigenvalue weighted by Gasteiger charge is -2.30. The van der Waals surface area contributed by atoms with E-state index in [1.807, 2.05) is 6.92 Å². The molecule has 0 bridgehead atoms. The lowest BCUT2D eigenvalue weighted by molar-refractivity contribution is -0.166. The SMILES string of the molecule is CCNCC(C)C(=O)N(CC(F)(F)F)C(C)C. The number of carbonyl (C=O) groups excluding carboxylic acids is 1. The molecule has 0 aliphatic heterocycles. The summed E-state index contributed by atoms with van der Waals surface area (Å²) < 4.78 is 37.0. The number of rotatable bonds is 6. The molecule has 0 saturated heterocycles. The van der Waals surface area contributed by atoms with Crippen molar-refractivity contribution in [3.05, 3.63) is 0 Å². The molecule has 1 unspecified atom stereocenters. The standard InChI is InChI=1S/C11H21F3N2O/c1-5-15-6-9(4)10(17)16(8(2)3)7-11(12,13)14/h8-9,15H,5-7H2,1-4H3.